The molecule has 0 saturated carbocycles. The number of primary sulfonamides is 1. The van der Waals surface area contributed by atoms with Crippen molar-refractivity contribution in [3.05, 3.63) is 95.1 Å². The Bertz CT molecular complexity index is 1340. The lowest BCUT2D eigenvalue weighted by Gasteiger charge is -2.03. The van der Waals surface area contributed by atoms with E-state index in [1.54, 1.807) is 35.2 Å². The van der Waals surface area contributed by atoms with Gasteiger partial charge in [-0.15, -0.1) is 0 Å². The molecule has 8 heteroatoms. The van der Waals surface area contributed by atoms with Crippen LogP contribution in [0.5, 0.6) is 0 Å². The zero-order valence-electron chi connectivity index (χ0n) is 16.6. The molecule has 0 radical (unpaired) electrons. The molecule has 4 aromatic rings. The van der Waals surface area contributed by atoms with Gasteiger partial charge in [-0.25, -0.2) is 18.2 Å². The van der Waals surface area contributed by atoms with E-state index < -0.39 is 10.0 Å². The SMILES string of the molecule is Cc1ccc(-c2nn(-c3ccc(S(N)(=O)=O)cc3)cc2C=Nc2ccc(Cl)cc2)cc1. The third-order valence-corrected chi connectivity index (χ3v) is 5.86. The van der Waals surface area contributed by atoms with Crippen LogP contribution in [0.1, 0.15) is 11.1 Å². The predicted octanol–water partition coefficient (Wildman–Crippen LogP) is 4.90. The van der Waals surface area contributed by atoms with Crippen molar-refractivity contribution >= 4 is 33.5 Å². The molecule has 0 aliphatic heterocycles. The van der Waals surface area contributed by atoms with Gasteiger partial charge < -0.3 is 0 Å². The number of rotatable bonds is 5. The topological polar surface area (TPSA) is 90.3 Å². The van der Waals surface area contributed by atoms with Gasteiger partial charge in [-0.3, -0.25) is 4.99 Å². The van der Waals surface area contributed by atoms with Crippen LogP contribution < -0.4 is 5.14 Å². The monoisotopic (exact) mass is 450 g/mol. The third-order valence-electron chi connectivity index (χ3n) is 4.68. The summed E-state index contributed by atoms with van der Waals surface area (Å²) in [7, 11) is -3.75. The smallest absolute Gasteiger partial charge is 0.238 e. The largest absolute Gasteiger partial charge is 0.256 e. The van der Waals surface area contributed by atoms with Gasteiger partial charge in [0.15, 0.2) is 0 Å². The fraction of sp³-hybridized carbons (Fsp3) is 0.0435. The lowest BCUT2D eigenvalue weighted by molar-refractivity contribution is 0.598. The molecule has 0 spiro atoms. The highest BCUT2D eigenvalue weighted by Crippen LogP contribution is 2.25. The quantitative estimate of drug-likeness (QED) is 0.438. The van der Waals surface area contributed by atoms with E-state index in [1.165, 1.54) is 12.1 Å². The molecule has 3 aromatic carbocycles. The first kappa shape index (κ1) is 21.0. The minimum Gasteiger partial charge on any atom is -0.256 e. The highest BCUT2D eigenvalue weighted by molar-refractivity contribution is 7.89. The number of aromatic nitrogens is 2. The summed E-state index contributed by atoms with van der Waals surface area (Å²) in [6, 6.07) is 21.5. The number of benzene rings is 3. The molecular weight excluding hydrogens is 432 g/mol. The number of sulfonamides is 1. The van der Waals surface area contributed by atoms with Gasteiger partial charge in [-0.2, -0.15) is 5.10 Å². The summed E-state index contributed by atoms with van der Waals surface area (Å²) in [5.41, 5.74) is 5.14. The predicted molar refractivity (Wildman–Crippen MR) is 124 cm³/mol. The minimum absolute atomic E-state index is 0.0479. The number of hydrogen-bond donors (Lipinski definition) is 1. The van der Waals surface area contributed by atoms with Crippen molar-refractivity contribution < 1.29 is 8.42 Å². The standard InChI is InChI=1S/C23H19ClN4O2S/c1-16-2-4-17(5-3-16)23-18(14-26-20-8-6-19(24)7-9-20)15-28(27-23)21-10-12-22(13-11-21)31(25,29)30/h2-15H,1H3,(H2,25,29,30). The molecule has 0 fully saturated rings. The molecule has 0 bridgehead atoms. The molecule has 156 valence electrons. The number of aryl methyl sites for hydroxylation is 1. The Labute approximate surface area is 185 Å². The molecule has 0 aliphatic rings. The average Bonchev–Trinajstić information content (AvgIpc) is 3.18. The maximum atomic E-state index is 11.5. The Kier molecular flexibility index (Phi) is 5.73. The molecule has 0 unspecified atom stereocenters. The van der Waals surface area contributed by atoms with E-state index in [0.29, 0.717) is 10.7 Å². The number of nitrogens with zero attached hydrogens (tertiary/aromatic N) is 3. The van der Waals surface area contributed by atoms with E-state index in [1.807, 2.05) is 49.5 Å². The second-order valence-corrected chi connectivity index (χ2v) is 9.02. The van der Waals surface area contributed by atoms with Gasteiger partial charge in [-0.1, -0.05) is 41.4 Å². The van der Waals surface area contributed by atoms with Crippen molar-refractivity contribution in [2.24, 2.45) is 10.1 Å². The fourth-order valence-corrected chi connectivity index (χ4v) is 3.65. The van der Waals surface area contributed by atoms with Gasteiger partial charge in [0, 0.05) is 28.6 Å². The molecule has 0 atom stereocenters. The van der Waals surface area contributed by atoms with Crippen molar-refractivity contribution in [1.29, 1.82) is 0 Å². The summed E-state index contributed by atoms with van der Waals surface area (Å²) < 4.78 is 24.7. The second-order valence-electron chi connectivity index (χ2n) is 7.02. The zero-order chi connectivity index (χ0) is 22.0. The average molecular weight is 451 g/mol. The number of hydrogen-bond acceptors (Lipinski definition) is 4. The maximum Gasteiger partial charge on any atom is 0.238 e. The molecule has 0 aliphatic carbocycles. The molecule has 2 N–H and O–H groups in total. The summed E-state index contributed by atoms with van der Waals surface area (Å²) >= 11 is 5.95. The van der Waals surface area contributed by atoms with Crippen LogP contribution in [0.3, 0.4) is 0 Å². The number of nitrogens with two attached hydrogens (primary N) is 1. The summed E-state index contributed by atoms with van der Waals surface area (Å²) in [5, 5.41) is 10.6. The Hall–Kier alpha value is -3.26. The van der Waals surface area contributed by atoms with Crippen LogP contribution in [-0.2, 0) is 10.0 Å². The highest BCUT2D eigenvalue weighted by Gasteiger charge is 2.13. The van der Waals surface area contributed by atoms with Gasteiger partial charge in [0.2, 0.25) is 10.0 Å². The van der Waals surface area contributed by atoms with Crippen molar-refractivity contribution in [2.45, 2.75) is 11.8 Å². The second kappa shape index (κ2) is 8.47. The highest BCUT2D eigenvalue weighted by atomic mass is 35.5. The van der Waals surface area contributed by atoms with Crippen LogP contribution in [-0.4, -0.2) is 24.4 Å². The molecule has 1 aromatic heterocycles. The van der Waals surface area contributed by atoms with Gasteiger partial charge in [0.05, 0.1) is 16.3 Å². The first-order valence-corrected chi connectivity index (χ1v) is 11.3. The lowest BCUT2D eigenvalue weighted by Crippen LogP contribution is -2.12. The molecular formula is C23H19ClN4O2S. The summed E-state index contributed by atoms with van der Waals surface area (Å²) in [4.78, 5) is 4.59. The van der Waals surface area contributed by atoms with Crippen LogP contribution in [0.25, 0.3) is 16.9 Å². The van der Waals surface area contributed by atoms with Crippen LogP contribution in [0.15, 0.2) is 88.9 Å². The Morgan fingerprint density at radius 1 is 0.968 bits per heavy atom. The minimum atomic E-state index is -3.75. The molecule has 1 heterocycles. The number of halogens is 1. The molecule has 0 amide bonds. The lowest BCUT2D eigenvalue weighted by atomic mass is 10.1. The summed E-state index contributed by atoms with van der Waals surface area (Å²) in [6.07, 6.45) is 3.60. The van der Waals surface area contributed by atoms with E-state index in [0.717, 1.165) is 28.1 Å². The van der Waals surface area contributed by atoms with E-state index in [-0.39, 0.29) is 4.90 Å². The van der Waals surface area contributed by atoms with Gasteiger partial charge in [-0.05, 0) is 55.5 Å². The van der Waals surface area contributed by atoms with Crippen LogP contribution in [0.4, 0.5) is 5.69 Å². The fourth-order valence-electron chi connectivity index (χ4n) is 3.01. The van der Waals surface area contributed by atoms with Crippen LogP contribution >= 0.6 is 11.6 Å². The molecule has 0 saturated heterocycles. The van der Waals surface area contributed by atoms with Gasteiger partial charge >= 0.3 is 0 Å². The van der Waals surface area contributed by atoms with Crippen LogP contribution in [0, 0.1) is 6.92 Å². The van der Waals surface area contributed by atoms with E-state index in [4.69, 9.17) is 21.8 Å². The normalized spacial score (nSPS) is 11.8. The van der Waals surface area contributed by atoms with Crippen molar-refractivity contribution in [3.63, 3.8) is 0 Å². The summed E-state index contributed by atoms with van der Waals surface area (Å²) in [6.45, 7) is 2.03. The van der Waals surface area contributed by atoms with E-state index >= 15 is 0 Å². The third kappa shape index (κ3) is 4.91. The van der Waals surface area contributed by atoms with Crippen molar-refractivity contribution in [3.8, 4) is 16.9 Å². The van der Waals surface area contributed by atoms with Crippen molar-refractivity contribution in [2.75, 3.05) is 0 Å². The Morgan fingerprint density at radius 3 is 2.23 bits per heavy atom. The van der Waals surface area contributed by atoms with Crippen LogP contribution in [0.2, 0.25) is 5.02 Å². The Balaban J connectivity index is 1.76. The first-order chi connectivity index (χ1) is 14.8. The number of aliphatic imine (C=N–C) groups is 1. The first-order valence-electron chi connectivity index (χ1n) is 9.39. The summed E-state index contributed by atoms with van der Waals surface area (Å²) in [5.74, 6) is 0. The van der Waals surface area contributed by atoms with E-state index in [9.17, 15) is 8.42 Å². The van der Waals surface area contributed by atoms with E-state index in [2.05, 4.69) is 4.99 Å². The maximum absolute atomic E-state index is 11.5. The molecule has 6 nitrogen and oxygen atoms in total. The zero-order valence-corrected chi connectivity index (χ0v) is 18.2. The molecule has 31 heavy (non-hydrogen) atoms. The van der Waals surface area contributed by atoms with Gasteiger partial charge in [0.1, 0.15) is 5.69 Å². The molecule has 4 rings (SSSR count). The Morgan fingerprint density at radius 2 is 1.61 bits per heavy atom. The van der Waals surface area contributed by atoms with Crippen molar-refractivity contribution in [1.82, 2.24) is 9.78 Å². The van der Waals surface area contributed by atoms with Gasteiger partial charge in [0.25, 0.3) is 0 Å².